The molecule has 0 saturated carbocycles. The first-order valence-electron chi connectivity index (χ1n) is 3.89. The summed E-state index contributed by atoms with van der Waals surface area (Å²) in [6.45, 7) is 2.11. The van der Waals surface area contributed by atoms with Crippen molar-refractivity contribution in [2.24, 2.45) is 0 Å². The Bertz CT molecular complexity index is 261. The number of aryl methyl sites for hydroxylation is 1. The zero-order valence-electron chi connectivity index (χ0n) is 6.91. The quantitative estimate of drug-likeness (QED) is 0.627. The summed E-state index contributed by atoms with van der Waals surface area (Å²) in [5.41, 5.74) is 1.17. The Balaban J connectivity index is 3.04. The van der Waals surface area contributed by atoms with Crippen LogP contribution in [-0.2, 0) is 6.42 Å². The topological polar surface area (TPSA) is 20.2 Å². The van der Waals surface area contributed by atoms with E-state index in [1.807, 2.05) is 12.1 Å². The van der Waals surface area contributed by atoms with E-state index >= 15 is 0 Å². The number of phenolic OH excluding ortho intramolecular Hbond substituents is 1. The van der Waals surface area contributed by atoms with Gasteiger partial charge in [-0.25, -0.2) is 0 Å². The number of aromatic hydroxyl groups is 1. The number of rotatable bonds is 2. The third kappa shape index (κ3) is 2.11. The first kappa shape index (κ1) is 9.81. The minimum Gasteiger partial charge on any atom is -0.506 e. The molecule has 0 aromatic heterocycles. The minimum absolute atomic E-state index is 0.168. The standard InChI is InChI=1S/C9H12OS2/c1-2-3-6-4-7(11)9(10)8(12)5-6/h4-5,10-12H,2-3H2,1H3. The molecule has 1 aromatic carbocycles. The summed E-state index contributed by atoms with van der Waals surface area (Å²) in [6.07, 6.45) is 2.09. The van der Waals surface area contributed by atoms with Gasteiger partial charge >= 0.3 is 0 Å². The molecule has 1 rings (SSSR count). The fourth-order valence-corrected chi connectivity index (χ4v) is 1.75. The van der Waals surface area contributed by atoms with Crippen molar-refractivity contribution in [1.29, 1.82) is 0 Å². The van der Waals surface area contributed by atoms with Crippen molar-refractivity contribution in [3.05, 3.63) is 17.7 Å². The molecule has 66 valence electrons. The maximum atomic E-state index is 9.35. The van der Waals surface area contributed by atoms with E-state index in [1.54, 1.807) is 0 Å². The molecule has 1 N–H and O–H groups in total. The second-order valence-corrected chi connectivity index (χ2v) is 3.70. The highest BCUT2D eigenvalue weighted by Gasteiger charge is 2.03. The van der Waals surface area contributed by atoms with Crippen LogP contribution >= 0.6 is 25.3 Å². The zero-order valence-corrected chi connectivity index (χ0v) is 8.70. The zero-order chi connectivity index (χ0) is 9.14. The van der Waals surface area contributed by atoms with Crippen LogP contribution in [0.3, 0.4) is 0 Å². The summed E-state index contributed by atoms with van der Waals surface area (Å²) in [5, 5.41) is 9.35. The molecule has 0 radical (unpaired) electrons. The second-order valence-electron chi connectivity index (χ2n) is 2.73. The molecular weight excluding hydrogens is 188 g/mol. The summed E-state index contributed by atoms with van der Waals surface area (Å²) >= 11 is 8.26. The highest BCUT2D eigenvalue weighted by atomic mass is 32.1. The molecule has 3 heteroatoms. The summed E-state index contributed by atoms with van der Waals surface area (Å²) in [5.74, 6) is 0.168. The number of hydrogen-bond donors (Lipinski definition) is 3. The van der Waals surface area contributed by atoms with E-state index in [1.165, 1.54) is 5.56 Å². The smallest absolute Gasteiger partial charge is 0.142 e. The number of phenols is 1. The molecule has 1 nitrogen and oxygen atoms in total. The van der Waals surface area contributed by atoms with Crippen LogP contribution in [0.4, 0.5) is 0 Å². The Morgan fingerprint density at radius 1 is 1.25 bits per heavy atom. The summed E-state index contributed by atoms with van der Waals surface area (Å²) in [7, 11) is 0. The largest absolute Gasteiger partial charge is 0.506 e. The summed E-state index contributed by atoms with van der Waals surface area (Å²) in [4.78, 5) is 1.21. The third-order valence-corrected chi connectivity index (χ3v) is 2.35. The molecule has 0 bridgehead atoms. The van der Waals surface area contributed by atoms with Crippen LogP contribution < -0.4 is 0 Å². The lowest BCUT2D eigenvalue weighted by molar-refractivity contribution is 0.449. The number of hydrogen-bond acceptors (Lipinski definition) is 3. The van der Waals surface area contributed by atoms with Gasteiger partial charge < -0.3 is 5.11 Å². The van der Waals surface area contributed by atoms with Crippen LogP contribution in [0.2, 0.25) is 0 Å². The molecule has 0 aliphatic carbocycles. The van der Waals surface area contributed by atoms with Crippen molar-refractivity contribution < 1.29 is 5.11 Å². The fourth-order valence-electron chi connectivity index (χ4n) is 1.09. The SMILES string of the molecule is CCCc1cc(S)c(O)c(S)c1. The molecule has 0 unspecified atom stereocenters. The Kier molecular flexibility index (Phi) is 3.35. The predicted octanol–water partition coefficient (Wildman–Crippen LogP) is 2.92. The van der Waals surface area contributed by atoms with Gasteiger partial charge in [0.2, 0.25) is 0 Å². The minimum atomic E-state index is 0.168. The van der Waals surface area contributed by atoms with E-state index < -0.39 is 0 Å². The maximum absolute atomic E-state index is 9.35. The van der Waals surface area contributed by atoms with Gasteiger partial charge in [-0.05, 0) is 24.1 Å². The van der Waals surface area contributed by atoms with E-state index in [2.05, 4.69) is 32.2 Å². The third-order valence-electron chi connectivity index (χ3n) is 1.67. The van der Waals surface area contributed by atoms with Gasteiger partial charge in [0.25, 0.3) is 0 Å². The fraction of sp³-hybridized carbons (Fsp3) is 0.333. The lowest BCUT2D eigenvalue weighted by Gasteiger charge is -2.05. The van der Waals surface area contributed by atoms with Crippen molar-refractivity contribution in [3.63, 3.8) is 0 Å². The lowest BCUT2D eigenvalue weighted by atomic mass is 10.1. The van der Waals surface area contributed by atoms with Crippen LogP contribution in [0.5, 0.6) is 5.75 Å². The van der Waals surface area contributed by atoms with Crippen molar-refractivity contribution in [1.82, 2.24) is 0 Å². The molecule has 0 spiro atoms. The van der Waals surface area contributed by atoms with Gasteiger partial charge in [0, 0.05) is 9.79 Å². The van der Waals surface area contributed by atoms with Crippen molar-refractivity contribution in [2.45, 2.75) is 29.6 Å². The average molecular weight is 200 g/mol. The Labute approximate surface area is 83.6 Å². The number of benzene rings is 1. The predicted molar refractivity (Wildman–Crippen MR) is 56.6 cm³/mol. The molecule has 0 aliphatic heterocycles. The van der Waals surface area contributed by atoms with Gasteiger partial charge in [-0.15, -0.1) is 25.3 Å². The maximum Gasteiger partial charge on any atom is 0.142 e. The molecule has 12 heavy (non-hydrogen) atoms. The van der Waals surface area contributed by atoms with Gasteiger partial charge in [-0.2, -0.15) is 0 Å². The lowest BCUT2D eigenvalue weighted by Crippen LogP contribution is -1.84. The average Bonchev–Trinajstić information content (AvgIpc) is 2.01. The monoisotopic (exact) mass is 200 g/mol. The normalized spacial score (nSPS) is 10.2. The van der Waals surface area contributed by atoms with Gasteiger partial charge in [0.15, 0.2) is 0 Å². The molecule has 0 amide bonds. The summed E-state index contributed by atoms with van der Waals surface area (Å²) in [6, 6.07) is 3.75. The highest BCUT2D eigenvalue weighted by molar-refractivity contribution is 7.81. The summed E-state index contributed by atoms with van der Waals surface area (Å²) < 4.78 is 0. The molecule has 0 atom stereocenters. The van der Waals surface area contributed by atoms with E-state index in [-0.39, 0.29) is 5.75 Å². The highest BCUT2D eigenvalue weighted by Crippen LogP contribution is 2.30. The van der Waals surface area contributed by atoms with Crippen LogP contribution in [-0.4, -0.2) is 5.11 Å². The molecule has 1 aromatic rings. The van der Waals surface area contributed by atoms with Gasteiger partial charge in [-0.3, -0.25) is 0 Å². The Hall–Kier alpha value is -0.280. The van der Waals surface area contributed by atoms with Crippen LogP contribution in [0.25, 0.3) is 0 Å². The molecule has 0 fully saturated rings. The van der Waals surface area contributed by atoms with Gasteiger partial charge in [0.05, 0.1) is 0 Å². The molecule has 0 heterocycles. The molecule has 0 saturated heterocycles. The van der Waals surface area contributed by atoms with Crippen LogP contribution in [0.1, 0.15) is 18.9 Å². The first-order valence-corrected chi connectivity index (χ1v) is 4.78. The van der Waals surface area contributed by atoms with Gasteiger partial charge in [-0.1, -0.05) is 13.3 Å². The van der Waals surface area contributed by atoms with E-state index in [4.69, 9.17) is 0 Å². The van der Waals surface area contributed by atoms with Crippen molar-refractivity contribution in [3.8, 4) is 5.75 Å². The van der Waals surface area contributed by atoms with Crippen molar-refractivity contribution >= 4 is 25.3 Å². The molecular formula is C9H12OS2. The molecule has 0 aliphatic rings. The van der Waals surface area contributed by atoms with Gasteiger partial charge in [0.1, 0.15) is 5.75 Å². The second kappa shape index (κ2) is 4.10. The van der Waals surface area contributed by atoms with Crippen LogP contribution in [0, 0.1) is 0 Å². The van der Waals surface area contributed by atoms with E-state index in [0.29, 0.717) is 9.79 Å². The van der Waals surface area contributed by atoms with Crippen LogP contribution in [0.15, 0.2) is 21.9 Å². The van der Waals surface area contributed by atoms with E-state index in [9.17, 15) is 5.11 Å². The Morgan fingerprint density at radius 3 is 2.17 bits per heavy atom. The van der Waals surface area contributed by atoms with Crippen molar-refractivity contribution in [2.75, 3.05) is 0 Å². The first-order chi connectivity index (χ1) is 5.65. The Morgan fingerprint density at radius 2 is 1.75 bits per heavy atom. The van der Waals surface area contributed by atoms with E-state index in [0.717, 1.165) is 12.8 Å². The number of thiol groups is 2.